The number of hydrogen-bond donors (Lipinski definition) is 2. The first kappa shape index (κ1) is 17.5. The van der Waals surface area contributed by atoms with Gasteiger partial charge in [-0.2, -0.15) is 0 Å². The van der Waals surface area contributed by atoms with E-state index < -0.39 is 5.91 Å². The number of aldehydes is 1. The number of amides is 1. The molecule has 0 aliphatic rings. The summed E-state index contributed by atoms with van der Waals surface area (Å²) in [6.45, 7) is 7.73. The first-order valence-corrected chi connectivity index (χ1v) is 7.70. The SMILES string of the molecule is Cc1cc(NC(=O)C=O)cc(C)c1Oc1ccc(O)c(C(C)C)c1. The van der Waals surface area contributed by atoms with E-state index in [2.05, 4.69) is 5.32 Å². The Morgan fingerprint density at radius 3 is 2.33 bits per heavy atom. The summed E-state index contributed by atoms with van der Waals surface area (Å²) in [6, 6.07) is 8.64. The zero-order chi connectivity index (χ0) is 17.9. The molecule has 0 aliphatic heterocycles. The minimum Gasteiger partial charge on any atom is -0.508 e. The van der Waals surface area contributed by atoms with Crippen LogP contribution in [-0.4, -0.2) is 17.3 Å². The van der Waals surface area contributed by atoms with E-state index in [-0.39, 0.29) is 18.0 Å². The van der Waals surface area contributed by atoms with Crippen molar-refractivity contribution in [1.82, 2.24) is 0 Å². The maximum absolute atomic E-state index is 11.2. The summed E-state index contributed by atoms with van der Waals surface area (Å²) < 4.78 is 5.98. The number of aromatic hydroxyl groups is 1. The molecular weight excluding hydrogens is 306 g/mol. The number of hydrogen-bond acceptors (Lipinski definition) is 4. The Balaban J connectivity index is 2.32. The number of phenolic OH excluding ortho intramolecular Hbond substituents is 1. The normalized spacial score (nSPS) is 10.5. The van der Waals surface area contributed by atoms with Crippen molar-refractivity contribution >= 4 is 17.9 Å². The Morgan fingerprint density at radius 1 is 1.17 bits per heavy atom. The smallest absolute Gasteiger partial charge is 0.288 e. The molecule has 0 atom stereocenters. The van der Waals surface area contributed by atoms with Gasteiger partial charge in [0.1, 0.15) is 17.2 Å². The predicted molar refractivity (Wildman–Crippen MR) is 92.9 cm³/mol. The fraction of sp³-hybridized carbons (Fsp3) is 0.263. The van der Waals surface area contributed by atoms with Gasteiger partial charge in [-0.1, -0.05) is 13.8 Å². The monoisotopic (exact) mass is 327 g/mol. The van der Waals surface area contributed by atoms with Gasteiger partial charge in [0.15, 0.2) is 0 Å². The number of carbonyl (C=O) groups excluding carboxylic acids is 2. The second kappa shape index (κ2) is 7.17. The van der Waals surface area contributed by atoms with E-state index in [0.717, 1.165) is 16.7 Å². The minimum absolute atomic E-state index is 0.177. The van der Waals surface area contributed by atoms with Crippen LogP contribution in [0, 0.1) is 13.8 Å². The van der Waals surface area contributed by atoms with Crippen LogP contribution < -0.4 is 10.1 Å². The zero-order valence-corrected chi connectivity index (χ0v) is 14.2. The van der Waals surface area contributed by atoms with Gasteiger partial charge in [0, 0.05) is 11.3 Å². The molecule has 5 heteroatoms. The van der Waals surface area contributed by atoms with Gasteiger partial charge in [0.2, 0.25) is 6.29 Å². The van der Waals surface area contributed by atoms with Crippen LogP contribution >= 0.6 is 0 Å². The Bertz CT molecular complexity index is 758. The van der Waals surface area contributed by atoms with Gasteiger partial charge in [-0.3, -0.25) is 9.59 Å². The lowest BCUT2D eigenvalue weighted by Crippen LogP contribution is -2.12. The minimum atomic E-state index is -0.692. The molecule has 0 unspecified atom stereocenters. The van der Waals surface area contributed by atoms with E-state index in [1.54, 1.807) is 24.3 Å². The number of aryl methyl sites for hydroxylation is 2. The molecule has 0 heterocycles. The Labute approximate surface area is 141 Å². The number of ether oxygens (including phenoxy) is 1. The van der Waals surface area contributed by atoms with E-state index in [1.165, 1.54) is 0 Å². The molecule has 2 N–H and O–H groups in total. The van der Waals surface area contributed by atoms with Crippen molar-refractivity contribution in [2.24, 2.45) is 0 Å². The maximum atomic E-state index is 11.2. The van der Waals surface area contributed by atoms with Gasteiger partial charge in [0.25, 0.3) is 5.91 Å². The quantitative estimate of drug-likeness (QED) is 0.641. The van der Waals surface area contributed by atoms with Crippen molar-refractivity contribution in [3.8, 4) is 17.2 Å². The third kappa shape index (κ3) is 3.93. The standard InChI is InChI=1S/C19H21NO4/c1-11(2)16-9-15(5-6-17(16)22)24-19-12(3)7-14(8-13(19)4)20-18(23)10-21/h5-11,22H,1-4H3,(H,20,23). The first-order chi connectivity index (χ1) is 11.3. The molecule has 126 valence electrons. The lowest BCUT2D eigenvalue weighted by Gasteiger charge is -2.16. The fourth-order valence-electron chi connectivity index (χ4n) is 2.53. The molecule has 2 rings (SSSR count). The predicted octanol–water partition coefficient (Wildman–Crippen LogP) is 4.06. The van der Waals surface area contributed by atoms with Crippen LogP contribution in [0.25, 0.3) is 0 Å². The fourth-order valence-corrected chi connectivity index (χ4v) is 2.53. The number of benzene rings is 2. The molecule has 0 saturated carbocycles. The van der Waals surface area contributed by atoms with Crippen LogP contribution in [0.2, 0.25) is 0 Å². The average Bonchev–Trinajstić information content (AvgIpc) is 2.52. The molecule has 5 nitrogen and oxygen atoms in total. The zero-order valence-electron chi connectivity index (χ0n) is 14.2. The number of rotatable bonds is 5. The van der Waals surface area contributed by atoms with Gasteiger partial charge < -0.3 is 15.2 Å². The summed E-state index contributed by atoms with van der Waals surface area (Å²) in [5.74, 6) is 1.05. The van der Waals surface area contributed by atoms with E-state index in [1.807, 2.05) is 33.8 Å². The lowest BCUT2D eigenvalue weighted by molar-refractivity contribution is -0.127. The molecule has 0 radical (unpaired) electrons. The lowest BCUT2D eigenvalue weighted by atomic mass is 10.0. The van der Waals surface area contributed by atoms with Crippen molar-refractivity contribution < 1.29 is 19.4 Å². The summed E-state index contributed by atoms with van der Waals surface area (Å²) in [5.41, 5.74) is 3.02. The third-order valence-corrected chi connectivity index (χ3v) is 3.68. The van der Waals surface area contributed by atoms with Crippen LogP contribution in [-0.2, 0) is 9.59 Å². The number of nitrogens with one attached hydrogen (secondary N) is 1. The van der Waals surface area contributed by atoms with Crippen molar-refractivity contribution in [3.05, 3.63) is 47.0 Å². The van der Waals surface area contributed by atoms with E-state index in [9.17, 15) is 14.7 Å². The summed E-state index contributed by atoms with van der Waals surface area (Å²) in [5, 5.41) is 12.4. The molecule has 0 bridgehead atoms. The highest BCUT2D eigenvalue weighted by atomic mass is 16.5. The average molecular weight is 327 g/mol. The summed E-state index contributed by atoms with van der Waals surface area (Å²) >= 11 is 0. The van der Waals surface area contributed by atoms with Crippen LogP contribution in [0.15, 0.2) is 30.3 Å². The van der Waals surface area contributed by atoms with Crippen molar-refractivity contribution in [2.45, 2.75) is 33.6 Å². The van der Waals surface area contributed by atoms with Gasteiger partial charge in [-0.05, 0) is 61.2 Å². The highest BCUT2D eigenvalue weighted by Crippen LogP contribution is 2.35. The van der Waals surface area contributed by atoms with Gasteiger partial charge in [0.05, 0.1) is 0 Å². The van der Waals surface area contributed by atoms with Gasteiger partial charge in [-0.25, -0.2) is 0 Å². The van der Waals surface area contributed by atoms with Crippen LogP contribution in [0.1, 0.15) is 36.5 Å². The largest absolute Gasteiger partial charge is 0.508 e. The molecule has 2 aromatic carbocycles. The molecule has 2 aromatic rings. The Hall–Kier alpha value is -2.82. The van der Waals surface area contributed by atoms with E-state index in [4.69, 9.17) is 4.74 Å². The third-order valence-electron chi connectivity index (χ3n) is 3.68. The summed E-state index contributed by atoms with van der Waals surface area (Å²) in [7, 11) is 0. The van der Waals surface area contributed by atoms with Crippen LogP contribution in [0.4, 0.5) is 5.69 Å². The second-order valence-electron chi connectivity index (χ2n) is 6.02. The summed E-state index contributed by atoms with van der Waals surface area (Å²) in [6.07, 6.45) is 0.235. The number of carbonyl (C=O) groups is 2. The van der Waals surface area contributed by atoms with E-state index in [0.29, 0.717) is 17.2 Å². The Morgan fingerprint density at radius 2 is 1.79 bits per heavy atom. The molecule has 1 amide bonds. The molecule has 24 heavy (non-hydrogen) atoms. The van der Waals surface area contributed by atoms with Crippen molar-refractivity contribution in [3.63, 3.8) is 0 Å². The highest BCUT2D eigenvalue weighted by molar-refractivity contribution is 6.29. The second-order valence-corrected chi connectivity index (χ2v) is 6.02. The van der Waals surface area contributed by atoms with Gasteiger partial charge in [-0.15, -0.1) is 0 Å². The molecular formula is C19H21NO4. The maximum Gasteiger partial charge on any atom is 0.288 e. The Kier molecular flexibility index (Phi) is 5.24. The van der Waals surface area contributed by atoms with Crippen LogP contribution in [0.5, 0.6) is 17.2 Å². The molecule has 0 saturated heterocycles. The number of phenols is 1. The molecule has 0 fully saturated rings. The van der Waals surface area contributed by atoms with Crippen molar-refractivity contribution in [1.29, 1.82) is 0 Å². The molecule has 0 spiro atoms. The van der Waals surface area contributed by atoms with Gasteiger partial charge >= 0.3 is 0 Å². The number of anilines is 1. The van der Waals surface area contributed by atoms with Crippen molar-refractivity contribution in [2.75, 3.05) is 5.32 Å². The topological polar surface area (TPSA) is 75.6 Å². The highest BCUT2D eigenvalue weighted by Gasteiger charge is 2.12. The molecule has 0 aliphatic carbocycles. The molecule has 0 aromatic heterocycles. The van der Waals surface area contributed by atoms with Crippen LogP contribution in [0.3, 0.4) is 0 Å². The summed E-state index contributed by atoms with van der Waals surface area (Å²) in [4.78, 5) is 21.6. The van der Waals surface area contributed by atoms with E-state index >= 15 is 0 Å². The first-order valence-electron chi connectivity index (χ1n) is 7.70.